The summed E-state index contributed by atoms with van der Waals surface area (Å²) in [6.07, 6.45) is 19.2. The van der Waals surface area contributed by atoms with Crippen molar-refractivity contribution >= 4 is 34.1 Å². The first-order valence-corrected chi connectivity index (χ1v) is 28.1. The molecule has 392 valence electrons. The standard InChI is InChI=1S/C66H80F2N2O4/c1-3-64(48-73-49-64)46-71-44-14-7-5-10-16-52-18-30-58(31-19-52)69(62-38-26-56(67)27-39-62)60-34-22-54(23-35-60)66(42-12-9-13-43-66)55-24-36-61(37-25-55)70(63-40-28-57(68)29-41-63)59-32-20-53(21-33-59)17-11-6-8-15-45-72-47-65(4-2)50-74-51-65/h18-41H,3-17,42-51H2,1-2H3. The van der Waals surface area contributed by atoms with Crippen LogP contribution in [-0.4, -0.2) is 52.9 Å². The SMILES string of the molecule is CCC1(COCCCCCCc2ccc(N(c3ccc(F)cc3)c3ccc(C4(c5ccc(N(c6ccc(F)cc6)c6ccc(CCCCCCOCC7(CC)COC7)cc6)cc5)CCCCC4)cc3)cc2)COC1. The third-order valence-electron chi connectivity index (χ3n) is 16.6. The number of aryl methyl sites for hydroxylation is 2. The average molecular weight is 1000 g/mol. The van der Waals surface area contributed by atoms with Gasteiger partial charge in [0.15, 0.2) is 0 Å². The van der Waals surface area contributed by atoms with Gasteiger partial charge < -0.3 is 28.7 Å². The number of benzene rings is 6. The summed E-state index contributed by atoms with van der Waals surface area (Å²) in [6, 6.07) is 49.7. The molecule has 3 fully saturated rings. The van der Waals surface area contributed by atoms with E-state index in [0.29, 0.717) is 0 Å². The summed E-state index contributed by atoms with van der Waals surface area (Å²) in [5.74, 6) is -0.495. The molecule has 9 rings (SSSR count). The highest BCUT2D eigenvalue weighted by atomic mass is 19.1. The Morgan fingerprint density at radius 2 is 0.730 bits per heavy atom. The van der Waals surface area contributed by atoms with Crippen LogP contribution in [0.15, 0.2) is 146 Å². The van der Waals surface area contributed by atoms with E-state index in [9.17, 15) is 8.78 Å². The minimum absolute atomic E-state index is 0.132. The van der Waals surface area contributed by atoms with Crippen LogP contribution in [0.4, 0.5) is 42.9 Å². The Morgan fingerprint density at radius 3 is 1.05 bits per heavy atom. The van der Waals surface area contributed by atoms with Crippen molar-refractivity contribution in [2.24, 2.45) is 10.8 Å². The van der Waals surface area contributed by atoms with Crippen molar-refractivity contribution in [3.8, 4) is 0 Å². The molecule has 1 saturated carbocycles. The predicted molar refractivity (Wildman–Crippen MR) is 299 cm³/mol. The Hall–Kier alpha value is -5.38. The number of halogens is 2. The lowest BCUT2D eigenvalue weighted by Crippen LogP contribution is -2.45. The van der Waals surface area contributed by atoms with E-state index in [1.165, 1.54) is 67.2 Å². The van der Waals surface area contributed by atoms with E-state index in [2.05, 4.69) is 121 Å². The molecule has 0 bridgehead atoms. The third kappa shape index (κ3) is 13.3. The van der Waals surface area contributed by atoms with Crippen molar-refractivity contribution in [1.82, 2.24) is 0 Å². The third-order valence-corrected chi connectivity index (χ3v) is 16.6. The highest BCUT2D eigenvalue weighted by molar-refractivity contribution is 5.78. The van der Waals surface area contributed by atoms with Gasteiger partial charge in [0.05, 0.1) is 39.6 Å². The lowest BCUT2D eigenvalue weighted by Gasteiger charge is -2.40. The fourth-order valence-electron chi connectivity index (χ4n) is 11.4. The highest BCUT2D eigenvalue weighted by Crippen LogP contribution is 2.47. The molecule has 0 atom stereocenters. The summed E-state index contributed by atoms with van der Waals surface area (Å²) >= 11 is 0. The Balaban J connectivity index is 0.851. The molecule has 6 aromatic rings. The zero-order valence-corrected chi connectivity index (χ0v) is 44.3. The van der Waals surface area contributed by atoms with Crippen molar-refractivity contribution in [3.63, 3.8) is 0 Å². The van der Waals surface area contributed by atoms with Crippen LogP contribution in [0.1, 0.15) is 132 Å². The smallest absolute Gasteiger partial charge is 0.123 e. The monoisotopic (exact) mass is 1000 g/mol. The topological polar surface area (TPSA) is 43.4 Å². The maximum absolute atomic E-state index is 14.3. The second-order valence-corrected chi connectivity index (χ2v) is 21.8. The Morgan fingerprint density at radius 1 is 0.405 bits per heavy atom. The molecule has 0 aromatic heterocycles. The van der Waals surface area contributed by atoms with Crippen molar-refractivity contribution in [2.45, 2.75) is 128 Å². The largest absolute Gasteiger partial charge is 0.381 e. The number of nitrogens with zero attached hydrogens (tertiary/aromatic N) is 2. The van der Waals surface area contributed by atoms with E-state index in [1.807, 2.05) is 24.3 Å². The molecule has 0 amide bonds. The predicted octanol–water partition coefficient (Wildman–Crippen LogP) is 17.2. The summed E-state index contributed by atoms with van der Waals surface area (Å²) in [5, 5.41) is 0. The Bertz CT molecular complexity index is 2400. The van der Waals surface area contributed by atoms with Crippen LogP contribution >= 0.6 is 0 Å². The van der Waals surface area contributed by atoms with E-state index in [0.717, 1.165) is 151 Å². The van der Waals surface area contributed by atoms with E-state index in [-0.39, 0.29) is 27.9 Å². The van der Waals surface area contributed by atoms with E-state index < -0.39 is 0 Å². The summed E-state index contributed by atoms with van der Waals surface area (Å²) < 4.78 is 51.6. The van der Waals surface area contributed by atoms with E-state index in [1.54, 1.807) is 24.3 Å². The van der Waals surface area contributed by atoms with Crippen LogP contribution in [0, 0.1) is 22.5 Å². The van der Waals surface area contributed by atoms with Crippen LogP contribution in [-0.2, 0) is 37.2 Å². The van der Waals surface area contributed by atoms with Gasteiger partial charge in [-0.1, -0.05) is 107 Å². The van der Waals surface area contributed by atoms with Gasteiger partial charge in [0, 0.05) is 63.6 Å². The van der Waals surface area contributed by atoms with Gasteiger partial charge in [0.2, 0.25) is 0 Å². The number of anilines is 6. The number of hydrogen-bond acceptors (Lipinski definition) is 6. The van der Waals surface area contributed by atoms with Crippen molar-refractivity contribution in [3.05, 3.63) is 179 Å². The first-order chi connectivity index (χ1) is 36.3. The summed E-state index contributed by atoms with van der Waals surface area (Å²) in [7, 11) is 0. The zero-order chi connectivity index (χ0) is 51.1. The molecule has 0 unspecified atom stereocenters. The van der Waals surface area contributed by atoms with Crippen LogP contribution in [0.25, 0.3) is 0 Å². The van der Waals surface area contributed by atoms with E-state index >= 15 is 0 Å². The molecule has 6 aromatic carbocycles. The first-order valence-electron chi connectivity index (χ1n) is 28.1. The zero-order valence-electron chi connectivity index (χ0n) is 44.3. The van der Waals surface area contributed by atoms with Crippen molar-refractivity contribution in [2.75, 3.05) is 62.7 Å². The van der Waals surface area contributed by atoms with Gasteiger partial charge in [-0.2, -0.15) is 0 Å². The van der Waals surface area contributed by atoms with E-state index in [4.69, 9.17) is 18.9 Å². The normalized spacial score (nSPS) is 16.5. The molecule has 0 N–H and O–H groups in total. The van der Waals surface area contributed by atoms with Crippen molar-refractivity contribution < 1.29 is 27.7 Å². The maximum atomic E-state index is 14.3. The quantitative estimate of drug-likeness (QED) is 0.0456. The van der Waals surface area contributed by atoms with Gasteiger partial charge in [0.25, 0.3) is 0 Å². The second-order valence-electron chi connectivity index (χ2n) is 21.8. The fraction of sp³-hybridized carbons (Fsp3) is 0.455. The molecule has 8 heteroatoms. The molecule has 2 saturated heterocycles. The van der Waals surface area contributed by atoms with Crippen LogP contribution in [0.5, 0.6) is 0 Å². The number of ether oxygens (including phenoxy) is 4. The van der Waals surface area contributed by atoms with Gasteiger partial charge >= 0.3 is 0 Å². The minimum Gasteiger partial charge on any atom is -0.381 e. The van der Waals surface area contributed by atoms with Crippen LogP contribution in [0.3, 0.4) is 0 Å². The van der Waals surface area contributed by atoms with Crippen LogP contribution < -0.4 is 9.80 Å². The van der Waals surface area contributed by atoms with Crippen molar-refractivity contribution in [1.29, 1.82) is 0 Å². The molecule has 6 nitrogen and oxygen atoms in total. The number of hydrogen-bond donors (Lipinski definition) is 0. The average Bonchev–Trinajstić information content (AvgIpc) is 3.42. The molecule has 3 aliphatic rings. The van der Waals surface area contributed by atoms with Crippen LogP contribution in [0.2, 0.25) is 0 Å². The second kappa shape index (κ2) is 25.9. The van der Waals surface area contributed by atoms with Gasteiger partial charge in [0.1, 0.15) is 11.6 Å². The molecule has 2 aliphatic heterocycles. The molecule has 74 heavy (non-hydrogen) atoms. The molecule has 1 aliphatic carbocycles. The number of unbranched alkanes of at least 4 members (excludes halogenated alkanes) is 6. The molecular weight excluding hydrogens is 923 g/mol. The Labute approximate surface area is 441 Å². The molecule has 2 heterocycles. The highest BCUT2D eigenvalue weighted by Gasteiger charge is 2.38. The minimum atomic E-state index is -0.247. The summed E-state index contributed by atoms with van der Waals surface area (Å²) in [6.45, 7) is 11.1. The molecule has 0 radical (unpaired) electrons. The first kappa shape index (κ1) is 53.4. The number of rotatable bonds is 28. The Kier molecular flexibility index (Phi) is 18.7. The van der Waals surface area contributed by atoms with Gasteiger partial charge in [-0.05, 0) is 184 Å². The van der Waals surface area contributed by atoms with Gasteiger partial charge in [-0.25, -0.2) is 8.78 Å². The molecular formula is C66H80F2N2O4. The fourth-order valence-corrected chi connectivity index (χ4v) is 11.4. The lowest BCUT2D eigenvalue weighted by atomic mass is 9.65. The summed E-state index contributed by atoms with van der Waals surface area (Å²) in [4.78, 5) is 4.47. The van der Waals surface area contributed by atoms with Gasteiger partial charge in [-0.3, -0.25) is 0 Å². The molecule has 0 spiro atoms. The lowest BCUT2D eigenvalue weighted by molar-refractivity contribution is -0.150. The maximum Gasteiger partial charge on any atom is 0.123 e. The van der Waals surface area contributed by atoms with Gasteiger partial charge in [-0.15, -0.1) is 0 Å². The summed E-state index contributed by atoms with van der Waals surface area (Å²) in [5.41, 5.74) is 11.7.